The van der Waals surface area contributed by atoms with E-state index in [1.807, 2.05) is 18.2 Å². The van der Waals surface area contributed by atoms with E-state index in [2.05, 4.69) is 56.1 Å². The van der Waals surface area contributed by atoms with Crippen molar-refractivity contribution >= 4 is 11.5 Å². The number of benzene rings is 1. The van der Waals surface area contributed by atoms with Crippen LogP contribution in [0.2, 0.25) is 0 Å². The van der Waals surface area contributed by atoms with Gasteiger partial charge in [-0.3, -0.25) is 4.98 Å². The number of aromatic nitrogens is 3. The number of pyridine rings is 1. The van der Waals surface area contributed by atoms with E-state index in [1.165, 1.54) is 5.69 Å². The number of likely N-dealkylation sites (N-methyl/N-ethyl adjacent to an activating group) is 1. The van der Waals surface area contributed by atoms with E-state index in [0.29, 0.717) is 12.5 Å². The summed E-state index contributed by atoms with van der Waals surface area (Å²) >= 11 is 0. The number of piperazine rings is 1. The minimum atomic E-state index is 0.272. The van der Waals surface area contributed by atoms with Crippen LogP contribution in [0.3, 0.4) is 0 Å². The fourth-order valence-electron chi connectivity index (χ4n) is 3.16. The lowest BCUT2D eigenvalue weighted by molar-refractivity contribution is 0.290. The zero-order valence-electron chi connectivity index (χ0n) is 16.0. The number of rotatable bonds is 5. The second-order valence-electron chi connectivity index (χ2n) is 6.89. The lowest BCUT2D eigenvalue weighted by atomic mass is 10.1. The van der Waals surface area contributed by atoms with Crippen LogP contribution >= 0.6 is 0 Å². The van der Waals surface area contributed by atoms with Crippen LogP contribution in [0.15, 0.2) is 54.9 Å². The lowest BCUT2D eigenvalue weighted by Gasteiger charge is -2.34. The third kappa shape index (κ3) is 4.20. The van der Waals surface area contributed by atoms with Crippen molar-refractivity contribution in [3.05, 3.63) is 60.6 Å². The maximum absolute atomic E-state index is 5.93. The molecule has 0 spiro atoms. The Bertz CT molecular complexity index is 908. The standard InChI is InChI=1S/C21H24N6O/c1-26-10-12-27(13-11-26)18-7-5-16(6-8-18)19-14-24-20(22)21(25-19)28-15-17-4-2-3-9-23-17/h2-9,14H,10-13,15H2,1H3,(H2,22,24). The van der Waals surface area contributed by atoms with Gasteiger partial charge in [-0.2, -0.15) is 0 Å². The van der Waals surface area contributed by atoms with Gasteiger partial charge in [-0.05, 0) is 31.3 Å². The molecule has 1 aromatic carbocycles. The second-order valence-corrected chi connectivity index (χ2v) is 6.89. The number of nitrogen functional groups attached to an aromatic ring is 1. The topological polar surface area (TPSA) is 80.4 Å². The molecule has 7 heteroatoms. The van der Waals surface area contributed by atoms with E-state index in [4.69, 9.17) is 10.5 Å². The molecule has 144 valence electrons. The van der Waals surface area contributed by atoms with Gasteiger partial charge in [-0.1, -0.05) is 18.2 Å². The summed E-state index contributed by atoms with van der Waals surface area (Å²) in [6.07, 6.45) is 3.40. The molecule has 0 saturated carbocycles. The van der Waals surface area contributed by atoms with Crippen molar-refractivity contribution in [3.63, 3.8) is 0 Å². The van der Waals surface area contributed by atoms with Gasteiger partial charge in [0, 0.05) is 43.6 Å². The lowest BCUT2D eigenvalue weighted by Crippen LogP contribution is -2.44. The summed E-state index contributed by atoms with van der Waals surface area (Å²) in [6.45, 7) is 4.56. The van der Waals surface area contributed by atoms with Crippen LogP contribution in [0.4, 0.5) is 11.5 Å². The van der Waals surface area contributed by atoms with E-state index in [9.17, 15) is 0 Å². The van der Waals surface area contributed by atoms with Gasteiger partial charge < -0.3 is 20.3 Å². The van der Waals surface area contributed by atoms with Gasteiger partial charge in [0.2, 0.25) is 0 Å². The molecule has 4 rings (SSSR count). The predicted octanol–water partition coefficient (Wildman–Crippen LogP) is 2.45. The van der Waals surface area contributed by atoms with E-state index in [0.717, 1.165) is 43.1 Å². The van der Waals surface area contributed by atoms with Crippen molar-refractivity contribution in [1.29, 1.82) is 0 Å². The Labute approximate surface area is 164 Å². The van der Waals surface area contributed by atoms with Crippen molar-refractivity contribution in [3.8, 4) is 17.1 Å². The third-order valence-corrected chi connectivity index (χ3v) is 4.88. The van der Waals surface area contributed by atoms with Crippen LogP contribution in [0.25, 0.3) is 11.3 Å². The van der Waals surface area contributed by atoms with Gasteiger partial charge >= 0.3 is 0 Å². The van der Waals surface area contributed by atoms with Gasteiger partial charge in [0.25, 0.3) is 5.88 Å². The molecule has 0 aliphatic carbocycles. The Kier molecular flexibility index (Phi) is 5.34. The Morgan fingerprint density at radius 3 is 2.50 bits per heavy atom. The molecule has 0 radical (unpaired) electrons. The van der Waals surface area contributed by atoms with Crippen LogP contribution in [0.5, 0.6) is 5.88 Å². The summed E-state index contributed by atoms with van der Waals surface area (Å²) in [4.78, 5) is 17.8. The summed E-state index contributed by atoms with van der Waals surface area (Å²) in [5.74, 6) is 0.597. The van der Waals surface area contributed by atoms with E-state index >= 15 is 0 Å². The van der Waals surface area contributed by atoms with Gasteiger partial charge in [0.05, 0.1) is 17.6 Å². The number of hydrogen-bond acceptors (Lipinski definition) is 7. The molecular formula is C21H24N6O. The fraction of sp³-hybridized carbons (Fsp3) is 0.286. The normalized spacial score (nSPS) is 14.8. The quantitative estimate of drug-likeness (QED) is 0.732. The van der Waals surface area contributed by atoms with Crippen molar-refractivity contribution < 1.29 is 4.74 Å². The molecule has 1 aliphatic rings. The highest BCUT2D eigenvalue weighted by molar-refractivity contribution is 5.64. The highest BCUT2D eigenvalue weighted by Gasteiger charge is 2.14. The average molecular weight is 376 g/mol. The van der Waals surface area contributed by atoms with Crippen LogP contribution in [0.1, 0.15) is 5.69 Å². The molecule has 0 atom stereocenters. The number of anilines is 2. The Morgan fingerprint density at radius 2 is 1.79 bits per heavy atom. The number of hydrogen-bond donors (Lipinski definition) is 1. The first-order valence-corrected chi connectivity index (χ1v) is 9.38. The van der Waals surface area contributed by atoms with Gasteiger partial charge in [-0.25, -0.2) is 9.97 Å². The molecule has 3 aromatic rings. The molecule has 0 amide bonds. The smallest absolute Gasteiger partial charge is 0.258 e. The van der Waals surface area contributed by atoms with Crippen molar-refractivity contribution in [1.82, 2.24) is 19.9 Å². The molecule has 2 N–H and O–H groups in total. The summed E-state index contributed by atoms with van der Waals surface area (Å²) < 4.78 is 5.74. The van der Waals surface area contributed by atoms with Crippen LogP contribution in [-0.2, 0) is 6.61 Å². The molecular weight excluding hydrogens is 352 g/mol. The van der Waals surface area contributed by atoms with Crippen molar-refractivity contribution in [2.45, 2.75) is 6.61 Å². The Hall–Kier alpha value is -3.19. The zero-order chi connectivity index (χ0) is 19.3. The molecule has 1 aliphatic heterocycles. The molecule has 1 fully saturated rings. The summed E-state index contributed by atoms with van der Waals surface area (Å²) in [5.41, 5.74) is 9.69. The molecule has 7 nitrogen and oxygen atoms in total. The maximum Gasteiger partial charge on any atom is 0.258 e. The van der Waals surface area contributed by atoms with Crippen LogP contribution in [0, 0.1) is 0 Å². The molecule has 3 heterocycles. The van der Waals surface area contributed by atoms with Crippen molar-refractivity contribution in [2.24, 2.45) is 0 Å². The zero-order valence-corrected chi connectivity index (χ0v) is 16.0. The number of nitrogens with two attached hydrogens (primary N) is 1. The third-order valence-electron chi connectivity index (χ3n) is 4.88. The fourth-order valence-corrected chi connectivity index (χ4v) is 3.16. The van der Waals surface area contributed by atoms with E-state index in [1.54, 1.807) is 12.4 Å². The Balaban J connectivity index is 1.48. The molecule has 0 unspecified atom stereocenters. The van der Waals surface area contributed by atoms with Gasteiger partial charge in [0.15, 0.2) is 5.82 Å². The first-order chi connectivity index (χ1) is 13.7. The summed E-state index contributed by atoms with van der Waals surface area (Å²) in [7, 11) is 2.16. The SMILES string of the molecule is CN1CCN(c2ccc(-c3cnc(N)c(OCc4ccccn4)n3)cc2)CC1. The van der Waals surface area contributed by atoms with E-state index < -0.39 is 0 Å². The number of nitrogens with zero attached hydrogens (tertiary/aromatic N) is 5. The largest absolute Gasteiger partial charge is 0.469 e. The molecule has 28 heavy (non-hydrogen) atoms. The molecule has 2 aromatic heterocycles. The highest BCUT2D eigenvalue weighted by atomic mass is 16.5. The maximum atomic E-state index is 5.93. The second kappa shape index (κ2) is 8.22. The van der Waals surface area contributed by atoms with Crippen LogP contribution < -0.4 is 15.4 Å². The van der Waals surface area contributed by atoms with E-state index in [-0.39, 0.29) is 5.82 Å². The molecule has 0 bridgehead atoms. The predicted molar refractivity (Wildman–Crippen MR) is 110 cm³/mol. The minimum absolute atomic E-state index is 0.272. The summed E-state index contributed by atoms with van der Waals surface area (Å²) in [5, 5.41) is 0. The minimum Gasteiger partial charge on any atom is -0.469 e. The average Bonchev–Trinajstić information content (AvgIpc) is 2.75. The first-order valence-electron chi connectivity index (χ1n) is 9.38. The van der Waals surface area contributed by atoms with Crippen LogP contribution in [-0.4, -0.2) is 53.1 Å². The highest BCUT2D eigenvalue weighted by Crippen LogP contribution is 2.26. The monoisotopic (exact) mass is 376 g/mol. The van der Waals surface area contributed by atoms with Gasteiger partial charge in [0.1, 0.15) is 6.61 Å². The number of ether oxygens (including phenoxy) is 1. The van der Waals surface area contributed by atoms with Crippen molar-refractivity contribution in [2.75, 3.05) is 43.9 Å². The summed E-state index contributed by atoms with van der Waals surface area (Å²) in [6, 6.07) is 14.1. The Morgan fingerprint density at radius 1 is 1.00 bits per heavy atom. The van der Waals surface area contributed by atoms with Gasteiger partial charge in [-0.15, -0.1) is 0 Å². The molecule has 1 saturated heterocycles. The first kappa shape index (κ1) is 18.2.